The van der Waals surface area contributed by atoms with Crippen LogP contribution in [0.4, 0.5) is 0 Å². The maximum atomic E-state index is 12.4. The summed E-state index contributed by atoms with van der Waals surface area (Å²) in [6.07, 6.45) is 8.10. The van der Waals surface area contributed by atoms with Crippen LogP contribution < -0.4 is 10.9 Å². The van der Waals surface area contributed by atoms with Gasteiger partial charge in [0.25, 0.3) is 5.56 Å². The Morgan fingerprint density at radius 3 is 2.88 bits per heavy atom. The third-order valence-corrected chi connectivity index (χ3v) is 4.82. The van der Waals surface area contributed by atoms with Crippen molar-refractivity contribution >= 4 is 0 Å². The Morgan fingerprint density at radius 2 is 2.08 bits per heavy atom. The molecule has 5 heteroatoms. The summed E-state index contributed by atoms with van der Waals surface area (Å²) < 4.78 is 7.29. The van der Waals surface area contributed by atoms with Crippen molar-refractivity contribution in [3.63, 3.8) is 0 Å². The van der Waals surface area contributed by atoms with Gasteiger partial charge in [-0.25, -0.2) is 0 Å². The summed E-state index contributed by atoms with van der Waals surface area (Å²) in [4.78, 5) is 16.4. The smallest absolute Gasteiger partial charge is 0.251 e. The molecule has 0 aromatic carbocycles. The van der Waals surface area contributed by atoms with Crippen LogP contribution >= 0.6 is 0 Å². The average molecular weight is 335 g/mol. The standard InChI is InChI=1S/C20H21N3O2/c24-20-6-3-16-12-17(22-13-18-2-1-11-25-18)4-5-19(16)23(20)14-15-7-9-21-10-8-15/h1-3,6-11,17,22H,4-5,12-14H2. The van der Waals surface area contributed by atoms with Gasteiger partial charge in [0.2, 0.25) is 0 Å². The molecule has 1 aliphatic rings. The van der Waals surface area contributed by atoms with E-state index in [1.54, 1.807) is 24.7 Å². The highest BCUT2D eigenvalue weighted by Crippen LogP contribution is 2.21. The predicted molar refractivity (Wildman–Crippen MR) is 95.4 cm³/mol. The number of fused-ring (bicyclic) bond motifs is 1. The number of nitrogens with one attached hydrogen (secondary N) is 1. The molecule has 1 aliphatic carbocycles. The van der Waals surface area contributed by atoms with Crippen molar-refractivity contribution < 1.29 is 4.42 Å². The molecule has 3 aromatic rings. The van der Waals surface area contributed by atoms with E-state index in [-0.39, 0.29) is 5.56 Å². The van der Waals surface area contributed by atoms with Crippen LogP contribution in [0.1, 0.15) is 29.0 Å². The van der Waals surface area contributed by atoms with Crippen LogP contribution in [-0.2, 0) is 25.9 Å². The van der Waals surface area contributed by atoms with E-state index in [4.69, 9.17) is 4.42 Å². The molecule has 5 nitrogen and oxygen atoms in total. The minimum Gasteiger partial charge on any atom is -0.468 e. The Morgan fingerprint density at radius 1 is 1.20 bits per heavy atom. The number of pyridine rings is 2. The highest BCUT2D eigenvalue weighted by molar-refractivity contribution is 5.27. The second kappa shape index (κ2) is 7.07. The van der Waals surface area contributed by atoms with Crippen molar-refractivity contribution in [2.24, 2.45) is 0 Å². The van der Waals surface area contributed by atoms with Crippen molar-refractivity contribution in [2.45, 2.75) is 38.4 Å². The molecule has 0 saturated heterocycles. The number of furan rings is 1. The fourth-order valence-electron chi connectivity index (χ4n) is 3.50. The fraction of sp³-hybridized carbons (Fsp3) is 0.300. The molecule has 128 valence electrons. The quantitative estimate of drug-likeness (QED) is 0.778. The summed E-state index contributed by atoms with van der Waals surface area (Å²) in [5.74, 6) is 0.952. The first-order valence-electron chi connectivity index (χ1n) is 8.66. The van der Waals surface area contributed by atoms with E-state index in [2.05, 4.69) is 10.3 Å². The van der Waals surface area contributed by atoms with Crippen LogP contribution in [0.5, 0.6) is 0 Å². The van der Waals surface area contributed by atoms with E-state index in [0.717, 1.165) is 37.1 Å². The van der Waals surface area contributed by atoms with Crippen LogP contribution in [0.15, 0.2) is 64.3 Å². The number of nitrogens with zero attached hydrogens (tertiary/aromatic N) is 2. The first-order valence-corrected chi connectivity index (χ1v) is 8.66. The van der Waals surface area contributed by atoms with Gasteiger partial charge in [0.1, 0.15) is 5.76 Å². The van der Waals surface area contributed by atoms with Crippen molar-refractivity contribution in [1.82, 2.24) is 14.9 Å². The summed E-state index contributed by atoms with van der Waals surface area (Å²) in [5.41, 5.74) is 3.60. The summed E-state index contributed by atoms with van der Waals surface area (Å²) in [7, 11) is 0. The third kappa shape index (κ3) is 3.56. The average Bonchev–Trinajstić information content (AvgIpc) is 3.17. The predicted octanol–water partition coefficient (Wildman–Crippen LogP) is 2.53. The fourth-order valence-corrected chi connectivity index (χ4v) is 3.50. The van der Waals surface area contributed by atoms with E-state index >= 15 is 0 Å². The second-order valence-electron chi connectivity index (χ2n) is 6.49. The molecule has 0 spiro atoms. The van der Waals surface area contributed by atoms with Gasteiger partial charge in [-0.15, -0.1) is 0 Å². The zero-order valence-corrected chi connectivity index (χ0v) is 14.0. The molecule has 0 fully saturated rings. The first kappa shape index (κ1) is 15.8. The minimum atomic E-state index is 0.0672. The molecule has 0 aliphatic heterocycles. The molecule has 0 bridgehead atoms. The van der Waals surface area contributed by atoms with Gasteiger partial charge in [-0.2, -0.15) is 0 Å². The maximum absolute atomic E-state index is 12.4. The lowest BCUT2D eigenvalue weighted by Crippen LogP contribution is -2.37. The lowest BCUT2D eigenvalue weighted by Gasteiger charge is -2.27. The number of hydrogen-bond donors (Lipinski definition) is 1. The van der Waals surface area contributed by atoms with Crippen molar-refractivity contribution in [2.75, 3.05) is 0 Å². The molecule has 1 N–H and O–H groups in total. The number of aromatic nitrogens is 2. The Balaban J connectivity index is 1.51. The molecule has 0 radical (unpaired) electrons. The van der Waals surface area contributed by atoms with Gasteiger partial charge in [-0.3, -0.25) is 9.78 Å². The normalized spacial score (nSPS) is 16.6. The van der Waals surface area contributed by atoms with E-state index in [0.29, 0.717) is 12.6 Å². The molecule has 0 amide bonds. The van der Waals surface area contributed by atoms with Crippen molar-refractivity contribution in [1.29, 1.82) is 0 Å². The molecule has 1 unspecified atom stereocenters. The summed E-state index contributed by atoms with van der Waals surface area (Å²) in [5, 5.41) is 3.56. The van der Waals surface area contributed by atoms with Crippen LogP contribution in [0, 0.1) is 0 Å². The van der Waals surface area contributed by atoms with Gasteiger partial charge in [-0.1, -0.05) is 6.07 Å². The lowest BCUT2D eigenvalue weighted by molar-refractivity contribution is 0.408. The molecule has 1 atom stereocenters. The zero-order chi connectivity index (χ0) is 17.1. The number of rotatable bonds is 5. The summed E-state index contributed by atoms with van der Waals surface area (Å²) in [6.45, 7) is 1.35. The second-order valence-corrected chi connectivity index (χ2v) is 6.49. The van der Waals surface area contributed by atoms with E-state index < -0.39 is 0 Å². The molecule has 3 aromatic heterocycles. The summed E-state index contributed by atoms with van der Waals surface area (Å²) >= 11 is 0. The van der Waals surface area contributed by atoms with Crippen LogP contribution in [-0.4, -0.2) is 15.6 Å². The molecule has 0 saturated carbocycles. The molecule has 3 heterocycles. The molecule has 25 heavy (non-hydrogen) atoms. The van der Waals surface area contributed by atoms with Crippen molar-refractivity contribution in [3.8, 4) is 0 Å². The SMILES string of the molecule is O=c1ccc2c(n1Cc1ccncc1)CCC(NCc1ccco1)C2. The van der Waals surface area contributed by atoms with Gasteiger partial charge >= 0.3 is 0 Å². The lowest BCUT2D eigenvalue weighted by atomic mass is 9.91. The van der Waals surface area contributed by atoms with E-state index in [1.165, 1.54) is 11.3 Å². The monoisotopic (exact) mass is 335 g/mol. The van der Waals surface area contributed by atoms with Gasteiger partial charge in [0, 0.05) is 30.2 Å². The first-order chi connectivity index (χ1) is 12.3. The summed E-state index contributed by atoms with van der Waals surface area (Å²) in [6, 6.07) is 11.9. The van der Waals surface area contributed by atoms with Gasteiger partial charge < -0.3 is 14.3 Å². The largest absolute Gasteiger partial charge is 0.468 e. The molecule has 4 rings (SSSR count). The van der Waals surface area contributed by atoms with E-state index in [1.807, 2.05) is 34.9 Å². The highest BCUT2D eigenvalue weighted by Gasteiger charge is 2.21. The van der Waals surface area contributed by atoms with Gasteiger partial charge in [0.05, 0.1) is 19.4 Å². The Bertz CT molecular complexity index is 885. The minimum absolute atomic E-state index is 0.0672. The molecular weight excluding hydrogens is 314 g/mol. The Labute approximate surface area is 146 Å². The van der Waals surface area contributed by atoms with Gasteiger partial charge in [0.15, 0.2) is 0 Å². The Hall–Kier alpha value is -2.66. The van der Waals surface area contributed by atoms with Crippen LogP contribution in [0.25, 0.3) is 0 Å². The van der Waals surface area contributed by atoms with E-state index in [9.17, 15) is 4.79 Å². The van der Waals surface area contributed by atoms with Gasteiger partial charge in [-0.05, 0) is 54.7 Å². The molecular formula is C20H21N3O2. The van der Waals surface area contributed by atoms with Crippen molar-refractivity contribution in [3.05, 3.63) is 88.0 Å². The Kier molecular flexibility index (Phi) is 4.48. The number of hydrogen-bond acceptors (Lipinski definition) is 4. The maximum Gasteiger partial charge on any atom is 0.251 e. The topological polar surface area (TPSA) is 60.1 Å². The highest BCUT2D eigenvalue weighted by atomic mass is 16.3. The zero-order valence-electron chi connectivity index (χ0n) is 14.0. The van der Waals surface area contributed by atoms with Crippen LogP contribution in [0.3, 0.4) is 0 Å². The van der Waals surface area contributed by atoms with Crippen LogP contribution in [0.2, 0.25) is 0 Å². The third-order valence-electron chi connectivity index (χ3n) is 4.82.